The molecule has 1 saturated heterocycles. The summed E-state index contributed by atoms with van der Waals surface area (Å²) in [5, 5.41) is -0.284. The molecule has 4 heterocycles. The number of carbonyl (C=O) groups excluding carboxylic acids is 1. The maximum atomic E-state index is 13.2. The highest BCUT2D eigenvalue weighted by molar-refractivity contribution is 7.90. The van der Waals surface area contributed by atoms with Crippen LogP contribution in [0, 0.1) is 6.92 Å². The van der Waals surface area contributed by atoms with E-state index in [0.717, 1.165) is 56.1 Å². The van der Waals surface area contributed by atoms with Crippen molar-refractivity contribution in [2.45, 2.75) is 87.6 Å². The van der Waals surface area contributed by atoms with Crippen molar-refractivity contribution in [2.75, 3.05) is 19.8 Å². The lowest BCUT2D eigenvalue weighted by atomic mass is 9.81. The minimum absolute atomic E-state index is 0.0990. The van der Waals surface area contributed by atoms with Crippen LogP contribution >= 0.6 is 0 Å². The number of nitrogens with zero attached hydrogens (tertiary/aromatic N) is 2. The standard InChI is InChI=1S/C23H33N3O5S/c1-15-10-11-24-23-22(15)16-4-6-17(7-5-16)30-13-20-19(25-32(28,29)18-8-9-18)3-2-12-26(20)21(27)14-31-23/h10-11,16-20,25H,2-9,12-14H2,1H3/t16?,17?,19-,20?/m0/s1. The van der Waals surface area contributed by atoms with Crippen molar-refractivity contribution in [1.29, 1.82) is 0 Å². The Morgan fingerprint density at radius 2 is 1.91 bits per heavy atom. The number of hydrogen-bond acceptors (Lipinski definition) is 6. The van der Waals surface area contributed by atoms with E-state index in [4.69, 9.17) is 9.47 Å². The number of hydrogen-bond donors (Lipinski definition) is 1. The lowest BCUT2D eigenvalue weighted by Crippen LogP contribution is -2.60. The normalized spacial score (nSPS) is 31.5. The van der Waals surface area contributed by atoms with E-state index in [2.05, 4.69) is 16.6 Å². The van der Waals surface area contributed by atoms with E-state index in [1.54, 1.807) is 11.1 Å². The summed E-state index contributed by atoms with van der Waals surface area (Å²) in [6, 6.07) is 1.35. The number of pyridine rings is 1. The molecule has 0 radical (unpaired) electrons. The molecule has 3 fully saturated rings. The quantitative estimate of drug-likeness (QED) is 0.739. The SMILES string of the molecule is Cc1ccnc2c1C1CCC(CC1)OCC1[C@@H](NS(=O)(=O)C3CC3)CCCN1C(=O)CO2. The number of rotatable bonds is 3. The molecule has 1 amide bonds. The van der Waals surface area contributed by atoms with Gasteiger partial charge < -0.3 is 14.4 Å². The molecule has 1 N–H and O–H groups in total. The van der Waals surface area contributed by atoms with Crippen molar-refractivity contribution < 1.29 is 22.7 Å². The first kappa shape index (κ1) is 22.1. The van der Waals surface area contributed by atoms with Crippen LogP contribution in [-0.2, 0) is 19.6 Å². The highest BCUT2D eigenvalue weighted by atomic mass is 32.2. The molecule has 32 heavy (non-hydrogen) atoms. The maximum Gasteiger partial charge on any atom is 0.260 e. The van der Waals surface area contributed by atoms with Crippen LogP contribution in [0.25, 0.3) is 0 Å². The Hall–Kier alpha value is -1.71. The number of aromatic nitrogens is 1. The molecular formula is C23H33N3O5S. The number of carbonyl (C=O) groups is 1. The molecule has 2 atom stereocenters. The first-order valence-corrected chi connectivity index (χ1v) is 13.5. The maximum absolute atomic E-state index is 13.2. The fraction of sp³-hybridized carbons (Fsp3) is 0.739. The minimum atomic E-state index is -3.35. The molecule has 1 aromatic heterocycles. The van der Waals surface area contributed by atoms with Gasteiger partial charge >= 0.3 is 0 Å². The van der Waals surface area contributed by atoms with Crippen LogP contribution in [-0.4, -0.2) is 67.4 Å². The number of nitrogens with one attached hydrogen (secondary N) is 1. The van der Waals surface area contributed by atoms with Gasteiger partial charge in [-0.1, -0.05) is 0 Å². The van der Waals surface area contributed by atoms with Crippen LogP contribution < -0.4 is 9.46 Å². The van der Waals surface area contributed by atoms with Crippen molar-refractivity contribution in [1.82, 2.24) is 14.6 Å². The monoisotopic (exact) mass is 463 g/mol. The van der Waals surface area contributed by atoms with E-state index in [0.29, 0.717) is 31.4 Å². The topological polar surface area (TPSA) is 97.8 Å². The highest BCUT2D eigenvalue weighted by Gasteiger charge is 2.42. The molecule has 0 aromatic carbocycles. The molecule has 2 saturated carbocycles. The van der Waals surface area contributed by atoms with Crippen molar-refractivity contribution in [3.05, 3.63) is 23.4 Å². The van der Waals surface area contributed by atoms with Crippen LogP contribution in [0.15, 0.2) is 12.3 Å². The van der Waals surface area contributed by atoms with E-state index in [-0.39, 0.29) is 36.0 Å². The van der Waals surface area contributed by atoms with E-state index >= 15 is 0 Å². The number of sulfonamides is 1. The molecule has 2 bridgehead atoms. The highest BCUT2D eigenvalue weighted by Crippen LogP contribution is 2.40. The number of ether oxygens (including phenoxy) is 2. The summed E-state index contributed by atoms with van der Waals surface area (Å²) >= 11 is 0. The summed E-state index contributed by atoms with van der Waals surface area (Å²) in [5.74, 6) is 0.770. The Morgan fingerprint density at radius 1 is 1.12 bits per heavy atom. The van der Waals surface area contributed by atoms with Gasteiger partial charge in [-0.05, 0) is 75.8 Å². The van der Waals surface area contributed by atoms with Gasteiger partial charge in [0.1, 0.15) is 0 Å². The summed E-state index contributed by atoms with van der Waals surface area (Å²) in [6.07, 6.45) is 8.63. The zero-order valence-corrected chi connectivity index (χ0v) is 19.5. The number of amides is 1. The van der Waals surface area contributed by atoms with Gasteiger partial charge in [0.2, 0.25) is 15.9 Å². The molecule has 5 aliphatic rings. The Labute approximate surface area is 190 Å². The summed E-state index contributed by atoms with van der Waals surface area (Å²) in [7, 11) is -3.35. The summed E-state index contributed by atoms with van der Waals surface area (Å²) < 4.78 is 40.5. The van der Waals surface area contributed by atoms with Gasteiger partial charge in [-0.15, -0.1) is 0 Å². The molecule has 1 aromatic rings. The van der Waals surface area contributed by atoms with Gasteiger partial charge in [0.15, 0.2) is 6.61 Å². The van der Waals surface area contributed by atoms with Crippen molar-refractivity contribution in [3.8, 4) is 5.88 Å². The van der Waals surface area contributed by atoms with Gasteiger partial charge in [0.25, 0.3) is 5.91 Å². The first-order chi connectivity index (χ1) is 15.4. The number of piperidine rings is 1. The predicted octanol–water partition coefficient (Wildman–Crippen LogP) is 2.27. The van der Waals surface area contributed by atoms with Crippen molar-refractivity contribution in [2.24, 2.45) is 0 Å². The zero-order chi connectivity index (χ0) is 22.3. The van der Waals surface area contributed by atoms with E-state index in [1.165, 1.54) is 0 Å². The lowest BCUT2D eigenvalue weighted by Gasteiger charge is -2.42. The van der Waals surface area contributed by atoms with Crippen LogP contribution in [0.4, 0.5) is 0 Å². The van der Waals surface area contributed by atoms with E-state index in [1.807, 2.05) is 6.07 Å². The van der Waals surface area contributed by atoms with Gasteiger partial charge in [-0.2, -0.15) is 0 Å². The largest absolute Gasteiger partial charge is 0.467 e. The number of fused-ring (bicyclic) bond motifs is 5. The zero-order valence-electron chi connectivity index (χ0n) is 18.7. The van der Waals surface area contributed by atoms with E-state index in [9.17, 15) is 13.2 Å². The average molecular weight is 464 g/mol. The molecule has 9 heteroatoms. The molecule has 1 unspecified atom stereocenters. The third-order valence-electron chi connectivity index (χ3n) is 7.47. The number of aryl methyl sites for hydroxylation is 1. The minimum Gasteiger partial charge on any atom is -0.467 e. The van der Waals surface area contributed by atoms with Crippen LogP contribution in [0.5, 0.6) is 5.88 Å². The van der Waals surface area contributed by atoms with Crippen LogP contribution in [0.3, 0.4) is 0 Å². The van der Waals surface area contributed by atoms with Gasteiger partial charge in [0.05, 0.1) is 24.0 Å². The molecule has 6 rings (SSSR count). The third-order valence-corrected chi connectivity index (χ3v) is 9.45. The third kappa shape index (κ3) is 4.52. The Kier molecular flexibility index (Phi) is 6.15. The average Bonchev–Trinajstić information content (AvgIpc) is 3.62. The summed E-state index contributed by atoms with van der Waals surface area (Å²) in [4.78, 5) is 19.4. The molecule has 3 aliphatic heterocycles. The smallest absolute Gasteiger partial charge is 0.260 e. The Morgan fingerprint density at radius 3 is 2.66 bits per heavy atom. The molecule has 176 valence electrons. The Balaban J connectivity index is 1.41. The first-order valence-electron chi connectivity index (χ1n) is 11.9. The summed E-state index contributed by atoms with van der Waals surface area (Å²) in [5.41, 5.74) is 2.26. The second-order valence-corrected chi connectivity index (χ2v) is 11.7. The Bertz CT molecular complexity index is 956. The second-order valence-electron chi connectivity index (χ2n) is 9.71. The molecule has 8 nitrogen and oxygen atoms in total. The fourth-order valence-corrected chi connectivity index (χ4v) is 7.16. The molecule has 0 spiro atoms. The van der Waals surface area contributed by atoms with Crippen LogP contribution in [0.2, 0.25) is 0 Å². The summed E-state index contributed by atoms with van der Waals surface area (Å²) in [6.45, 7) is 2.91. The fourth-order valence-electron chi connectivity index (χ4n) is 5.52. The molecular weight excluding hydrogens is 430 g/mol. The van der Waals surface area contributed by atoms with E-state index < -0.39 is 10.0 Å². The van der Waals surface area contributed by atoms with Crippen LogP contribution in [0.1, 0.15) is 68.4 Å². The van der Waals surface area contributed by atoms with Gasteiger partial charge in [0, 0.05) is 24.3 Å². The lowest BCUT2D eigenvalue weighted by molar-refractivity contribution is -0.140. The molecule has 2 aliphatic carbocycles. The van der Waals surface area contributed by atoms with Crippen molar-refractivity contribution in [3.63, 3.8) is 0 Å². The van der Waals surface area contributed by atoms with Crippen molar-refractivity contribution >= 4 is 15.9 Å². The predicted molar refractivity (Wildman–Crippen MR) is 119 cm³/mol. The van der Waals surface area contributed by atoms with Gasteiger partial charge in [-0.25, -0.2) is 18.1 Å². The van der Waals surface area contributed by atoms with Gasteiger partial charge in [-0.3, -0.25) is 4.79 Å². The second kappa shape index (κ2) is 8.91.